The fourth-order valence-electron chi connectivity index (χ4n) is 3.42. The first-order valence-corrected chi connectivity index (χ1v) is 8.11. The van der Waals surface area contributed by atoms with Gasteiger partial charge in [0.2, 0.25) is 0 Å². The highest BCUT2D eigenvalue weighted by atomic mass is 19.1. The highest BCUT2D eigenvalue weighted by molar-refractivity contribution is 5.43. The van der Waals surface area contributed by atoms with E-state index in [4.69, 9.17) is 5.26 Å². The Morgan fingerprint density at radius 2 is 2.12 bits per heavy atom. The minimum atomic E-state index is -0.379. The van der Waals surface area contributed by atoms with Crippen LogP contribution < -0.4 is 4.90 Å². The number of rotatable bonds is 4. The molecule has 1 aromatic heterocycles. The lowest BCUT2D eigenvalue weighted by atomic mass is 9.75. The van der Waals surface area contributed by atoms with Crippen molar-refractivity contribution in [3.8, 4) is 6.07 Å². The minimum absolute atomic E-state index is 0.00805. The molecule has 0 bridgehead atoms. The van der Waals surface area contributed by atoms with E-state index in [1.165, 1.54) is 6.07 Å². The highest BCUT2D eigenvalue weighted by Crippen LogP contribution is 2.35. The second-order valence-corrected chi connectivity index (χ2v) is 6.47. The molecule has 1 atom stereocenters. The maximum atomic E-state index is 14.0. The van der Waals surface area contributed by atoms with Gasteiger partial charge in [-0.3, -0.25) is 0 Å². The molecule has 0 saturated carbocycles. The molecule has 5 heteroatoms. The normalized spacial score (nSPS) is 20.6. The van der Waals surface area contributed by atoms with Crippen LogP contribution in [0.15, 0.2) is 42.6 Å². The largest absolute Gasteiger partial charge is 0.396 e. The zero-order valence-electron chi connectivity index (χ0n) is 13.5. The summed E-state index contributed by atoms with van der Waals surface area (Å²) in [6.07, 6.45) is 3.83. The molecule has 2 aromatic rings. The van der Waals surface area contributed by atoms with Gasteiger partial charge in [0.15, 0.2) is 0 Å². The number of aliphatic hydroxyl groups excluding tert-OH is 1. The van der Waals surface area contributed by atoms with Crippen LogP contribution in [0.5, 0.6) is 0 Å². The van der Waals surface area contributed by atoms with E-state index in [-0.39, 0.29) is 17.8 Å². The maximum Gasteiger partial charge on any atom is 0.128 e. The topological polar surface area (TPSA) is 60.2 Å². The Morgan fingerprint density at radius 3 is 2.79 bits per heavy atom. The lowest BCUT2D eigenvalue weighted by Crippen LogP contribution is -2.47. The molecule has 2 heterocycles. The quantitative estimate of drug-likeness (QED) is 0.939. The molecule has 124 valence electrons. The third kappa shape index (κ3) is 3.39. The van der Waals surface area contributed by atoms with Gasteiger partial charge in [-0.15, -0.1) is 0 Å². The Kier molecular flexibility index (Phi) is 4.77. The number of halogens is 1. The standard InChI is InChI=1S/C19H20FN3O/c20-17-5-2-1-4-16(17)10-19(14-24)8-3-9-23(13-19)18-7-6-15(11-21)12-22-18/h1-2,4-7,12,24H,3,8-10,13-14H2. The van der Waals surface area contributed by atoms with Crippen molar-refractivity contribution in [3.63, 3.8) is 0 Å². The lowest BCUT2D eigenvalue weighted by molar-refractivity contribution is 0.104. The van der Waals surface area contributed by atoms with Gasteiger partial charge >= 0.3 is 0 Å². The number of aliphatic hydroxyl groups is 1. The number of nitrogens with zero attached hydrogens (tertiary/aromatic N) is 3. The van der Waals surface area contributed by atoms with Crippen molar-refractivity contribution in [2.24, 2.45) is 5.41 Å². The maximum absolute atomic E-state index is 14.0. The van der Waals surface area contributed by atoms with E-state index in [0.717, 1.165) is 25.2 Å². The minimum Gasteiger partial charge on any atom is -0.396 e. The smallest absolute Gasteiger partial charge is 0.128 e. The summed E-state index contributed by atoms with van der Waals surface area (Å²) in [7, 11) is 0. The number of pyridine rings is 1. The second-order valence-electron chi connectivity index (χ2n) is 6.47. The Hall–Kier alpha value is -2.45. The third-order valence-electron chi connectivity index (χ3n) is 4.72. The van der Waals surface area contributed by atoms with Crippen LogP contribution in [0.4, 0.5) is 10.2 Å². The monoisotopic (exact) mass is 325 g/mol. The molecule has 1 fully saturated rings. The molecule has 1 unspecified atom stereocenters. The van der Waals surface area contributed by atoms with Crippen LogP contribution in [-0.4, -0.2) is 29.8 Å². The van der Waals surface area contributed by atoms with Crippen molar-refractivity contribution in [1.82, 2.24) is 4.98 Å². The predicted octanol–water partition coefficient (Wildman–Crippen LogP) is 2.91. The van der Waals surface area contributed by atoms with Crippen LogP contribution in [-0.2, 0) is 6.42 Å². The Morgan fingerprint density at radius 1 is 1.29 bits per heavy atom. The van der Waals surface area contributed by atoms with Crippen LogP contribution in [0.2, 0.25) is 0 Å². The van der Waals surface area contributed by atoms with Crippen molar-refractivity contribution in [3.05, 3.63) is 59.5 Å². The number of hydrogen-bond donors (Lipinski definition) is 1. The summed E-state index contributed by atoms with van der Waals surface area (Å²) in [6.45, 7) is 1.47. The first kappa shape index (κ1) is 16.4. The van der Waals surface area contributed by atoms with E-state index >= 15 is 0 Å². The first-order valence-electron chi connectivity index (χ1n) is 8.11. The van der Waals surface area contributed by atoms with E-state index in [1.54, 1.807) is 24.4 Å². The number of aromatic nitrogens is 1. The molecule has 0 amide bonds. The van der Waals surface area contributed by atoms with Gasteiger partial charge in [0, 0.05) is 24.7 Å². The van der Waals surface area contributed by atoms with Crippen LogP contribution in [0, 0.1) is 22.6 Å². The van der Waals surface area contributed by atoms with Crippen molar-refractivity contribution in [2.75, 3.05) is 24.6 Å². The summed E-state index contributed by atoms with van der Waals surface area (Å²) in [5, 5.41) is 18.9. The molecule has 3 rings (SSSR count). The Labute approximate surface area is 141 Å². The van der Waals surface area contributed by atoms with Gasteiger partial charge in [0.05, 0.1) is 12.2 Å². The van der Waals surface area contributed by atoms with Crippen LogP contribution in [0.1, 0.15) is 24.0 Å². The highest BCUT2D eigenvalue weighted by Gasteiger charge is 2.36. The first-order chi connectivity index (χ1) is 11.7. The summed E-state index contributed by atoms with van der Waals surface area (Å²) in [5.74, 6) is 0.569. The average Bonchev–Trinajstić information content (AvgIpc) is 2.64. The van der Waals surface area contributed by atoms with Gasteiger partial charge in [0.1, 0.15) is 17.7 Å². The van der Waals surface area contributed by atoms with E-state index in [9.17, 15) is 9.50 Å². The number of piperidine rings is 1. The summed E-state index contributed by atoms with van der Waals surface area (Å²) < 4.78 is 14.0. The fraction of sp³-hybridized carbons (Fsp3) is 0.368. The van der Waals surface area contributed by atoms with Gasteiger partial charge in [-0.1, -0.05) is 18.2 Å². The molecule has 4 nitrogen and oxygen atoms in total. The average molecular weight is 325 g/mol. The lowest BCUT2D eigenvalue weighted by Gasteiger charge is -2.42. The molecular weight excluding hydrogens is 305 g/mol. The molecule has 1 aliphatic rings. The number of nitriles is 1. The third-order valence-corrected chi connectivity index (χ3v) is 4.72. The summed E-state index contributed by atoms with van der Waals surface area (Å²) in [6, 6.07) is 12.4. The molecule has 24 heavy (non-hydrogen) atoms. The van der Waals surface area contributed by atoms with E-state index in [0.29, 0.717) is 24.1 Å². The van der Waals surface area contributed by atoms with Crippen LogP contribution in [0.3, 0.4) is 0 Å². The number of hydrogen-bond acceptors (Lipinski definition) is 4. The van der Waals surface area contributed by atoms with E-state index in [2.05, 4.69) is 16.0 Å². The Bertz CT molecular complexity index is 741. The van der Waals surface area contributed by atoms with Crippen molar-refractivity contribution in [2.45, 2.75) is 19.3 Å². The molecule has 1 aliphatic heterocycles. The van der Waals surface area contributed by atoms with Crippen molar-refractivity contribution >= 4 is 5.82 Å². The zero-order chi connectivity index (χ0) is 17.0. The molecule has 1 saturated heterocycles. The van der Waals surface area contributed by atoms with Crippen LogP contribution >= 0.6 is 0 Å². The molecule has 0 spiro atoms. The fourth-order valence-corrected chi connectivity index (χ4v) is 3.42. The number of anilines is 1. The Balaban J connectivity index is 1.81. The predicted molar refractivity (Wildman–Crippen MR) is 90.0 cm³/mol. The van der Waals surface area contributed by atoms with Gasteiger partial charge < -0.3 is 10.0 Å². The molecule has 1 N–H and O–H groups in total. The van der Waals surface area contributed by atoms with E-state index in [1.807, 2.05) is 12.1 Å². The van der Waals surface area contributed by atoms with Crippen molar-refractivity contribution in [1.29, 1.82) is 5.26 Å². The number of benzene rings is 1. The summed E-state index contributed by atoms with van der Waals surface area (Å²) >= 11 is 0. The summed E-state index contributed by atoms with van der Waals surface area (Å²) in [4.78, 5) is 6.46. The van der Waals surface area contributed by atoms with E-state index < -0.39 is 0 Å². The van der Waals surface area contributed by atoms with Gasteiger partial charge in [-0.25, -0.2) is 9.37 Å². The zero-order valence-corrected chi connectivity index (χ0v) is 13.5. The SMILES string of the molecule is N#Cc1ccc(N2CCCC(CO)(Cc3ccccc3F)C2)nc1. The van der Waals surface area contributed by atoms with Crippen LogP contribution in [0.25, 0.3) is 0 Å². The van der Waals surface area contributed by atoms with Gasteiger partial charge in [0.25, 0.3) is 0 Å². The van der Waals surface area contributed by atoms with Gasteiger partial charge in [-0.2, -0.15) is 5.26 Å². The second kappa shape index (κ2) is 6.98. The molecular formula is C19H20FN3O. The summed E-state index contributed by atoms with van der Waals surface area (Å²) in [5.41, 5.74) is 0.785. The molecule has 1 aromatic carbocycles. The molecule has 0 radical (unpaired) electrons. The molecule has 0 aliphatic carbocycles. The van der Waals surface area contributed by atoms with Crippen molar-refractivity contribution < 1.29 is 9.50 Å². The van der Waals surface area contributed by atoms with Gasteiger partial charge in [-0.05, 0) is 43.0 Å².